The van der Waals surface area contributed by atoms with Crippen LogP contribution in [0.3, 0.4) is 0 Å². The quantitative estimate of drug-likeness (QED) is 0.366. The highest BCUT2D eigenvalue weighted by Crippen LogP contribution is 2.24. The predicted molar refractivity (Wildman–Crippen MR) is 53.4 cm³/mol. The number of esters is 1. The fraction of sp³-hybridized carbons (Fsp3) is 0.222. The highest BCUT2D eigenvalue weighted by molar-refractivity contribution is 5.95. The van der Waals surface area contributed by atoms with Crippen molar-refractivity contribution in [2.45, 2.75) is 6.92 Å². The maximum absolute atomic E-state index is 13.4. The first kappa shape index (κ1) is 11.9. The van der Waals surface area contributed by atoms with Gasteiger partial charge in [0.05, 0.1) is 23.3 Å². The van der Waals surface area contributed by atoms with Crippen LogP contribution in [0.2, 0.25) is 0 Å². The number of halogens is 1. The van der Waals surface area contributed by atoms with Crippen LogP contribution in [0.4, 0.5) is 15.8 Å². The lowest BCUT2D eigenvalue weighted by Crippen LogP contribution is -2.11. The average Bonchev–Trinajstić information content (AvgIpc) is 2.16. The van der Waals surface area contributed by atoms with Crippen LogP contribution in [-0.4, -0.2) is 17.5 Å². The number of nitro groups is 1. The average molecular weight is 228 g/mol. The van der Waals surface area contributed by atoms with Gasteiger partial charge in [-0.2, -0.15) is 0 Å². The molecule has 7 heteroatoms. The SMILES string of the molecule is CCOC(=O)c1c(N)cc([N+](=O)[O-])cc1F. The lowest BCUT2D eigenvalue weighted by molar-refractivity contribution is -0.385. The van der Waals surface area contributed by atoms with E-state index in [4.69, 9.17) is 5.73 Å². The number of ether oxygens (including phenoxy) is 1. The fourth-order valence-corrected chi connectivity index (χ4v) is 1.14. The van der Waals surface area contributed by atoms with Crippen molar-refractivity contribution >= 4 is 17.3 Å². The van der Waals surface area contributed by atoms with E-state index in [1.54, 1.807) is 6.92 Å². The minimum Gasteiger partial charge on any atom is -0.462 e. The summed E-state index contributed by atoms with van der Waals surface area (Å²) < 4.78 is 17.9. The molecule has 0 saturated heterocycles. The van der Waals surface area contributed by atoms with Crippen LogP contribution in [-0.2, 0) is 4.74 Å². The van der Waals surface area contributed by atoms with E-state index in [0.717, 1.165) is 6.07 Å². The number of rotatable bonds is 3. The van der Waals surface area contributed by atoms with Gasteiger partial charge in [-0.25, -0.2) is 9.18 Å². The molecular weight excluding hydrogens is 219 g/mol. The Bertz CT molecular complexity index is 424. The minimum atomic E-state index is -1.06. The van der Waals surface area contributed by atoms with Crippen molar-refractivity contribution in [3.05, 3.63) is 33.6 Å². The van der Waals surface area contributed by atoms with Gasteiger partial charge in [0, 0.05) is 6.07 Å². The third-order valence-corrected chi connectivity index (χ3v) is 1.80. The van der Waals surface area contributed by atoms with E-state index in [-0.39, 0.29) is 12.3 Å². The molecule has 0 amide bonds. The first-order chi connectivity index (χ1) is 7.47. The molecular formula is C9H9FN2O4. The summed E-state index contributed by atoms with van der Waals surface area (Å²) in [6.45, 7) is 1.62. The largest absolute Gasteiger partial charge is 0.462 e. The third-order valence-electron chi connectivity index (χ3n) is 1.80. The van der Waals surface area contributed by atoms with Crippen LogP contribution in [0, 0.1) is 15.9 Å². The number of carbonyl (C=O) groups excluding carboxylic acids is 1. The second-order valence-corrected chi connectivity index (χ2v) is 2.87. The summed E-state index contributed by atoms with van der Waals surface area (Å²) >= 11 is 0. The first-order valence-electron chi connectivity index (χ1n) is 4.38. The van der Waals surface area contributed by atoms with Crippen LogP contribution in [0.5, 0.6) is 0 Å². The lowest BCUT2D eigenvalue weighted by Gasteiger charge is -2.06. The number of carbonyl (C=O) groups is 1. The molecule has 0 radical (unpaired) electrons. The van der Waals surface area contributed by atoms with Crippen molar-refractivity contribution in [1.29, 1.82) is 0 Å². The molecule has 0 aliphatic rings. The molecule has 1 aromatic rings. The second-order valence-electron chi connectivity index (χ2n) is 2.87. The molecule has 1 rings (SSSR count). The maximum Gasteiger partial charge on any atom is 0.343 e. The number of nitro benzene ring substituents is 1. The van der Waals surface area contributed by atoms with Gasteiger partial charge in [0.25, 0.3) is 5.69 Å². The van der Waals surface area contributed by atoms with Crippen molar-refractivity contribution in [2.75, 3.05) is 12.3 Å². The Kier molecular flexibility index (Phi) is 3.39. The van der Waals surface area contributed by atoms with Crippen molar-refractivity contribution in [3.8, 4) is 0 Å². The van der Waals surface area contributed by atoms with Crippen molar-refractivity contribution in [3.63, 3.8) is 0 Å². The third kappa shape index (κ3) is 2.25. The molecule has 0 bridgehead atoms. The zero-order chi connectivity index (χ0) is 12.3. The molecule has 0 aliphatic heterocycles. The molecule has 1 aromatic carbocycles. The topological polar surface area (TPSA) is 95.5 Å². The monoisotopic (exact) mass is 228 g/mol. The molecule has 0 heterocycles. The van der Waals surface area contributed by atoms with Gasteiger partial charge in [0.1, 0.15) is 11.4 Å². The van der Waals surface area contributed by atoms with Crippen LogP contribution in [0.25, 0.3) is 0 Å². The Morgan fingerprint density at radius 2 is 2.25 bits per heavy atom. The van der Waals surface area contributed by atoms with E-state index in [1.807, 2.05) is 0 Å². The summed E-state index contributed by atoms with van der Waals surface area (Å²) in [6, 6.07) is 1.54. The number of anilines is 1. The van der Waals surface area contributed by atoms with E-state index in [9.17, 15) is 19.3 Å². The van der Waals surface area contributed by atoms with Gasteiger partial charge in [-0.05, 0) is 6.92 Å². The number of non-ortho nitro benzene ring substituents is 1. The predicted octanol–water partition coefficient (Wildman–Crippen LogP) is 1.49. The molecule has 0 spiro atoms. The Morgan fingerprint density at radius 3 is 2.69 bits per heavy atom. The molecule has 6 nitrogen and oxygen atoms in total. The first-order valence-corrected chi connectivity index (χ1v) is 4.38. The van der Waals surface area contributed by atoms with Crippen LogP contribution < -0.4 is 5.73 Å². The zero-order valence-corrected chi connectivity index (χ0v) is 8.40. The number of hydrogen-bond donors (Lipinski definition) is 1. The molecule has 0 aliphatic carbocycles. The fourth-order valence-electron chi connectivity index (χ4n) is 1.14. The standard InChI is InChI=1S/C9H9FN2O4/c1-2-16-9(13)8-6(10)3-5(12(14)15)4-7(8)11/h3-4H,2,11H2,1H3. The molecule has 2 N–H and O–H groups in total. The van der Waals surface area contributed by atoms with E-state index in [1.165, 1.54) is 0 Å². The van der Waals surface area contributed by atoms with Crippen LogP contribution >= 0.6 is 0 Å². The number of benzene rings is 1. The van der Waals surface area contributed by atoms with Gasteiger partial charge in [0.15, 0.2) is 0 Å². The van der Waals surface area contributed by atoms with Gasteiger partial charge < -0.3 is 10.5 Å². The number of hydrogen-bond acceptors (Lipinski definition) is 5. The Labute approximate surface area is 90.0 Å². The van der Waals surface area contributed by atoms with E-state index in [0.29, 0.717) is 6.07 Å². The van der Waals surface area contributed by atoms with Crippen LogP contribution in [0.1, 0.15) is 17.3 Å². The normalized spacial score (nSPS) is 9.88. The summed E-state index contributed by atoms with van der Waals surface area (Å²) in [4.78, 5) is 20.8. The lowest BCUT2D eigenvalue weighted by atomic mass is 10.1. The summed E-state index contributed by atoms with van der Waals surface area (Å²) in [5.74, 6) is -2.00. The van der Waals surface area contributed by atoms with Gasteiger partial charge in [0.2, 0.25) is 0 Å². The summed E-state index contributed by atoms with van der Waals surface area (Å²) in [5.41, 5.74) is 4.04. The van der Waals surface area contributed by atoms with E-state index < -0.39 is 28.0 Å². The van der Waals surface area contributed by atoms with E-state index in [2.05, 4.69) is 4.74 Å². The van der Waals surface area contributed by atoms with E-state index >= 15 is 0 Å². The molecule has 0 fully saturated rings. The van der Waals surface area contributed by atoms with Crippen molar-refractivity contribution in [2.24, 2.45) is 0 Å². The Morgan fingerprint density at radius 1 is 1.62 bits per heavy atom. The molecule has 16 heavy (non-hydrogen) atoms. The summed E-state index contributed by atoms with van der Waals surface area (Å²) in [5, 5.41) is 10.4. The second kappa shape index (κ2) is 4.56. The number of nitrogens with two attached hydrogens (primary N) is 1. The minimum absolute atomic E-state index is 0.0642. The molecule has 86 valence electrons. The van der Waals surface area contributed by atoms with Gasteiger partial charge in [-0.15, -0.1) is 0 Å². The van der Waals surface area contributed by atoms with Crippen LogP contribution in [0.15, 0.2) is 12.1 Å². The number of nitrogens with zero attached hydrogens (tertiary/aromatic N) is 1. The van der Waals surface area contributed by atoms with Gasteiger partial charge in [-0.3, -0.25) is 10.1 Å². The smallest absolute Gasteiger partial charge is 0.343 e. The molecule has 0 aromatic heterocycles. The van der Waals surface area contributed by atoms with Gasteiger partial charge >= 0.3 is 5.97 Å². The Hall–Kier alpha value is -2.18. The molecule has 0 unspecified atom stereocenters. The molecule has 0 saturated carbocycles. The Balaban J connectivity index is 3.22. The van der Waals surface area contributed by atoms with Crippen molar-refractivity contribution in [1.82, 2.24) is 0 Å². The summed E-state index contributed by atoms with van der Waals surface area (Å²) in [7, 11) is 0. The van der Waals surface area contributed by atoms with Gasteiger partial charge in [-0.1, -0.05) is 0 Å². The zero-order valence-electron chi connectivity index (χ0n) is 8.40. The molecule has 0 atom stereocenters. The highest BCUT2D eigenvalue weighted by atomic mass is 19.1. The number of nitrogen functional groups attached to an aromatic ring is 1. The maximum atomic E-state index is 13.4. The van der Waals surface area contributed by atoms with Crippen molar-refractivity contribution < 1.29 is 18.8 Å². The summed E-state index contributed by atoms with van der Waals surface area (Å²) in [6.07, 6.45) is 0. The highest BCUT2D eigenvalue weighted by Gasteiger charge is 2.21.